The highest BCUT2D eigenvalue weighted by Gasteiger charge is 2.44. The standard InChI is InChI=1S/C35H42N2O8/c1-23-10-9-15-30(41-2)33(23)43-22-32(39)36-26(18-24-11-5-3-6-12-24)20-29(38)28(19-25-13-7-4-8-14-25)37-35(40)45-31-21-44-34-27(31)16-17-42-34/h3-15,26-29,31,34,38H,16-22H2,1-2H3,(H,36,39)(H,37,40)/t26-,27-,28-,29-,31-,34+/m0/s1. The van der Waals surface area contributed by atoms with Crippen LogP contribution < -0.4 is 20.1 Å². The van der Waals surface area contributed by atoms with Gasteiger partial charge in [0, 0.05) is 6.04 Å². The minimum Gasteiger partial charge on any atom is -0.493 e. The summed E-state index contributed by atoms with van der Waals surface area (Å²) in [6.07, 6.45) is -0.600. The van der Waals surface area contributed by atoms with E-state index in [0.29, 0.717) is 30.9 Å². The Bertz CT molecular complexity index is 1390. The van der Waals surface area contributed by atoms with Crippen LogP contribution in [0.2, 0.25) is 0 Å². The Morgan fingerprint density at radius 1 is 0.933 bits per heavy atom. The average molecular weight is 619 g/mol. The van der Waals surface area contributed by atoms with Gasteiger partial charge < -0.3 is 39.4 Å². The minimum atomic E-state index is -1.01. The molecule has 2 fully saturated rings. The van der Waals surface area contributed by atoms with Crippen LogP contribution in [0.3, 0.4) is 0 Å². The van der Waals surface area contributed by atoms with Gasteiger partial charge >= 0.3 is 6.09 Å². The molecule has 0 spiro atoms. The number of fused-ring (bicyclic) bond motifs is 1. The molecular weight excluding hydrogens is 576 g/mol. The lowest BCUT2D eigenvalue weighted by molar-refractivity contribution is -0.124. The Hall–Kier alpha value is -4.12. The molecular formula is C35H42N2O8. The first-order chi connectivity index (χ1) is 21.9. The predicted octanol–water partition coefficient (Wildman–Crippen LogP) is 3.96. The van der Waals surface area contributed by atoms with Gasteiger partial charge in [-0.05, 0) is 55.4 Å². The molecule has 6 atom stereocenters. The molecule has 0 radical (unpaired) electrons. The number of benzene rings is 3. The zero-order chi connectivity index (χ0) is 31.6. The molecule has 3 N–H and O–H groups in total. The first-order valence-corrected chi connectivity index (χ1v) is 15.4. The van der Waals surface area contributed by atoms with E-state index in [2.05, 4.69) is 10.6 Å². The van der Waals surface area contributed by atoms with Gasteiger partial charge in [-0.15, -0.1) is 0 Å². The van der Waals surface area contributed by atoms with Crippen molar-refractivity contribution in [2.45, 2.75) is 63.2 Å². The maximum absolute atomic E-state index is 13.2. The number of aliphatic hydroxyl groups excluding tert-OH is 1. The van der Waals surface area contributed by atoms with Crippen molar-refractivity contribution < 1.29 is 38.4 Å². The summed E-state index contributed by atoms with van der Waals surface area (Å²) in [6.45, 7) is 2.51. The zero-order valence-electron chi connectivity index (χ0n) is 25.7. The summed E-state index contributed by atoms with van der Waals surface area (Å²) in [5, 5.41) is 17.5. The number of methoxy groups -OCH3 is 1. The second kappa shape index (κ2) is 15.7. The summed E-state index contributed by atoms with van der Waals surface area (Å²) in [5.41, 5.74) is 2.79. The molecule has 2 aliphatic heterocycles. The summed E-state index contributed by atoms with van der Waals surface area (Å²) in [6, 6.07) is 23.7. The molecule has 10 heteroatoms. The number of aryl methyl sites for hydroxylation is 1. The molecule has 0 aliphatic carbocycles. The molecule has 0 unspecified atom stereocenters. The molecule has 240 valence electrons. The van der Waals surface area contributed by atoms with E-state index >= 15 is 0 Å². The van der Waals surface area contributed by atoms with Crippen molar-refractivity contribution in [2.75, 3.05) is 26.9 Å². The molecule has 2 saturated heterocycles. The maximum Gasteiger partial charge on any atom is 0.407 e. The number of nitrogens with one attached hydrogen (secondary N) is 2. The summed E-state index contributed by atoms with van der Waals surface area (Å²) < 4.78 is 28.2. The molecule has 3 aromatic carbocycles. The molecule has 45 heavy (non-hydrogen) atoms. The number of rotatable bonds is 14. The van der Waals surface area contributed by atoms with Crippen LogP contribution in [0.4, 0.5) is 4.79 Å². The number of para-hydroxylation sites is 1. The van der Waals surface area contributed by atoms with Gasteiger partial charge in [0.1, 0.15) is 6.10 Å². The lowest BCUT2D eigenvalue weighted by Gasteiger charge is -2.29. The van der Waals surface area contributed by atoms with Crippen LogP contribution in [0.15, 0.2) is 78.9 Å². The third-order valence-corrected chi connectivity index (χ3v) is 8.27. The summed E-state index contributed by atoms with van der Waals surface area (Å²) >= 11 is 0. The van der Waals surface area contributed by atoms with Gasteiger partial charge in [-0.3, -0.25) is 4.79 Å². The first kappa shape index (κ1) is 32.3. The predicted molar refractivity (Wildman–Crippen MR) is 167 cm³/mol. The quantitative estimate of drug-likeness (QED) is 0.248. The number of carbonyl (C=O) groups excluding carboxylic acids is 2. The van der Waals surface area contributed by atoms with Crippen molar-refractivity contribution in [3.05, 3.63) is 95.6 Å². The first-order valence-electron chi connectivity index (χ1n) is 15.4. The zero-order valence-corrected chi connectivity index (χ0v) is 25.7. The van der Waals surface area contributed by atoms with E-state index in [1.165, 1.54) is 0 Å². The maximum atomic E-state index is 13.2. The van der Waals surface area contributed by atoms with Gasteiger partial charge in [0.15, 0.2) is 24.4 Å². The van der Waals surface area contributed by atoms with Crippen LogP contribution in [0.5, 0.6) is 11.5 Å². The second-order valence-corrected chi connectivity index (χ2v) is 11.6. The summed E-state index contributed by atoms with van der Waals surface area (Å²) in [4.78, 5) is 26.3. The molecule has 2 heterocycles. The molecule has 0 bridgehead atoms. The number of hydrogen-bond donors (Lipinski definition) is 3. The lowest BCUT2D eigenvalue weighted by Crippen LogP contribution is -2.50. The SMILES string of the molecule is COc1cccc(C)c1OCC(=O)N[C@@H](Cc1ccccc1)C[C@H](O)[C@H](Cc1ccccc1)NC(=O)O[C@H]1CO[C@H]2OCC[C@H]21. The van der Waals surface area contributed by atoms with E-state index in [1.54, 1.807) is 13.2 Å². The monoisotopic (exact) mass is 618 g/mol. The Balaban J connectivity index is 1.27. The Morgan fingerprint density at radius 3 is 2.36 bits per heavy atom. The van der Waals surface area contributed by atoms with E-state index in [-0.39, 0.29) is 37.7 Å². The van der Waals surface area contributed by atoms with Gasteiger partial charge in [0.2, 0.25) is 0 Å². The minimum absolute atomic E-state index is 0.000530. The van der Waals surface area contributed by atoms with Crippen molar-refractivity contribution in [3.8, 4) is 11.5 Å². The van der Waals surface area contributed by atoms with Crippen LogP contribution in [-0.2, 0) is 31.8 Å². The molecule has 0 aromatic heterocycles. The number of aliphatic hydroxyl groups is 1. The van der Waals surface area contributed by atoms with Gasteiger partial charge in [-0.25, -0.2) is 4.79 Å². The number of carbonyl (C=O) groups is 2. The van der Waals surface area contributed by atoms with Crippen molar-refractivity contribution >= 4 is 12.0 Å². The van der Waals surface area contributed by atoms with Crippen LogP contribution in [0, 0.1) is 12.8 Å². The van der Waals surface area contributed by atoms with Gasteiger partial charge in [-0.1, -0.05) is 72.8 Å². The second-order valence-electron chi connectivity index (χ2n) is 11.6. The third-order valence-electron chi connectivity index (χ3n) is 8.27. The van der Waals surface area contributed by atoms with Crippen molar-refractivity contribution in [3.63, 3.8) is 0 Å². The van der Waals surface area contributed by atoms with E-state index in [9.17, 15) is 14.7 Å². The molecule has 2 aliphatic rings. The number of alkyl carbamates (subject to hydrolysis) is 1. The topological polar surface area (TPSA) is 125 Å². The Morgan fingerprint density at radius 2 is 1.64 bits per heavy atom. The van der Waals surface area contributed by atoms with Crippen molar-refractivity contribution in [2.24, 2.45) is 5.92 Å². The highest BCUT2D eigenvalue weighted by molar-refractivity contribution is 5.78. The van der Waals surface area contributed by atoms with E-state index in [4.69, 9.17) is 23.7 Å². The molecule has 0 saturated carbocycles. The van der Waals surface area contributed by atoms with Crippen molar-refractivity contribution in [1.82, 2.24) is 10.6 Å². The van der Waals surface area contributed by atoms with Crippen LogP contribution in [0.25, 0.3) is 0 Å². The van der Waals surface area contributed by atoms with Gasteiger partial charge in [0.25, 0.3) is 5.91 Å². The lowest BCUT2D eigenvalue weighted by atomic mass is 9.93. The van der Waals surface area contributed by atoms with Crippen LogP contribution in [-0.4, -0.2) is 74.6 Å². The molecule has 3 aromatic rings. The fraction of sp³-hybridized carbons (Fsp3) is 0.429. The van der Waals surface area contributed by atoms with Gasteiger partial charge in [-0.2, -0.15) is 0 Å². The van der Waals surface area contributed by atoms with Crippen molar-refractivity contribution in [1.29, 1.82) is 0 Å². The highest BCUT2D eigenvalue weighted by Crippen LogP contribution is 2.33. The molecule has 10 nitrogen and oxygen atoms in total. The highest BCUT2D eigenvalue weighted by atomic mass is 16.7. The number of amides is 2. The molecule has 5 rings (SSSR count). The summed E-state index contributed by atoms with van der Waals surface area (Å²) in [7, 11) is 1.55. The van der Waals surface area contributed by atoms with Gasteiger partial charge in [0.05, 0.1) is 38.4 Å². The number of ether oxygens (including phenoxy) is 5. The third kappa shape index (κ3) is 8.97. The average Bonchev–Trinajstić information content (AvgIpc) is 3.66. The Kier molecular flexibility index (Phi) is 11.3. The normalized spacial score (nSPS) is 20.8. The Labute approximate surface area is 264 Å². The van der Waals surface area contributed by atoms with E-state index < -0.39 is 30.4 Å². The number of hydrogen-bond acceptors (Lipinski definition) is 8. The van der Waals surface area contributed by atoms with E-state index in [1.807, 2.05) is 79.7 Å². The van der Waals surface area contributed by atoms with Crippen LogP contribution in [0.1, 0.15) is 29.5 Å². The fourth-order valence-electron chi connectivity index (χ4n) is 5.95. The fourth-order valence-corrected chi connectivity index (χ4v) is 5.95. The largest absolute Gasteiger partial charge is 0.493 e. The summed E-state index contributed by atoms with van der Waals surface area (Å²) in [5.74, 6) is 0.708. The smallest absolute Gasteiger partial charge is 0.407 e. The molecule has 2 amide bonds. The van der Waals surface area contributed by atoms with Crippen LogP contribution >= 0.6 is 0 Å². The van der Waals surface area contributed by atoms with E-state index in [0.717, 1.165) is 23.1 Å².